The molecule has 0 spiro atoms. The minimum absolute atomic E-state index is 0.119. The number of nitrogens with one attached hydrogen (secondary N) is 2. The molecule has 1 heterocycles. The van der Waals surface area contributed by atoms with E-state index in [1.54, 1.807) is 29.2 Å². The summed E-state index contributed by atoms with van der Waals surface area (Å²) in [6.45, 7) is 3.89. The van der Waals surface area contributed by atoms with Crippen molar-refractivity contribution < 1.29 is 19.1 Å². The van der Waals surface area contributed by atoms with Crippen LogP contribution in [0.1, 0.15) is 19.8 Å². The summed E-state index contributed by atoms with van der Waals surface area (Å²) < 4.78 is 10.1. The van der Waals surface area contributed by atoms with E-state index in [2.05, 4.69) is 15.4 Å². The zero-order valence-electron chi connectivity index (χ0n) is 13.5. The number of benzene rings is 1. The third-order valence-electron chi connectivity index (χ3n) is 3.66. The second-order valence-electron chi connectivity index (χ2n) is 5.30. The van der Waals surface area contributed by atoms with Crippen molar-refractivity contribution in [1.82, 2.24) is 4.90 Å². The summed E-state index contributed by atoms with van der Waals surface area (Å²) in [7, 11) is 1.30. The molecule has 0 aliphatic carbocycles. The fraction of sp³-hybridized carbons (Fsp3) is 0.500. The van der Waals surface area contributed by atoms with Crippen molar-refractivity contribution in [2.24, 2.45) is 0 Å². The molecular formula is C16H23N3O4. The largest absolute Gasteiger partial charge is 0.453 e. The Kier molecular flexibility index (Phi) is 6.22. The first kappa shape index (κ1) is 17.1. The van der Waals surface area contributed by atoms with E-state index < -0.39 is 6.09 Å². The van der Waals surface area contributed by atoms with Gasteiger partial charge in [-0.3, -0.25) is 5.32 Å². The Hall–Kier alpha value is -2.28. The smallest absolute Gasteiger partial charge is 0.411 e. The summed E-state index contributed by atoms with van der Waals surface area (Å²) in [6.07, 6.45) is 1.60. The van der Waals surface area contributed by atoms with E-state index in [4.69, 9.17) is 4.74 Å². The van der Waals surface area contributed by atoms with E-state index in [0.717, 1.165) is 19.4 Å². The Labute approximate surface area is 135 Å². The van der Waals surface area contributed by atoms with Crippen LogP contribution < -0.4 is 10.6 Å². The molecule has 1 aromatic rings. The van der Waals surface area contributed by atoms with Crippen LogP contribution in [0.15, 0.2) is 24.3 Å². The first-order valence-corrected chi connectivity index (χ1v) is 7.75. The number of anilines is 2. The van der Waals surface area contributed by atoms with Gasteiger partial charge in [-0.15, -0.1) is 0 Å². The van der Waals surface area contributed by atoms with Gasteiger partial charge in [-0.05, 0) is 38.0 Å². The summed E-state index contributed by atoms with van der Waals surface area (Å²) in [4.78, 5) is 25.3. The van der Waals surface area contributed by atoms with Gasteiger partial charge >= 0.3 is 12.1 Å². The SMILES string of the molecule is CCN(CC1CCCO1)C(=O)Nc1cccc(NC(=O)OC)c1. The van der Waals surface area contributed by atoms with E-state index in [1.165, 1.54) is 7.11 Å². The number of hydrogen-bond acceptors (Lipinski definition) is 4. The highest BCUT2D eigenvalue weighted by molar-refractivity contribution is 5.91. The third kappa shape index (κ3) is 5.14. The molecule has 1 aliphatic heterocycles. The lowest BCUT2D eigenvalue weighted by atomic mass is 10.2. The maximum Gasteiger partial charge on any atom is 0.411 e. The van der Waals surface area contributed by atoms with Gasteiger partial charge in [-0.25, -0.2) is 9.59 Å². The maximum atomic E-state index is 12.4. The predicted molar refractivity (Wildman–Crippen MR) is 87.7 cm³/mol. The highest BCUT2D eigenvalue weighted by Crippen LogP contribution is 2.17. The summed E-state index contributed by atoms with van der Waals surface area (Å²) in [6, 6.07) is 6.72. The molecule has 0 bridgehead atoms. The standard InChI is InChI=1S/C16H23N3O4/c1-3-19(11-14-8-5-9-23-14)15(20)17-12-6-4-7-13(10-12)18-16(21)22-2/h4,6-7,10,14H,3,5,8-9,11H2,1-2H3,(H,17,20)(H,18,21). The van der Waals surface area contributed by atoms with Crippen molar-refractivity contribution in [3.8, 4) is 0 Å². The molecule has 3 amide bonds. The van der Waals surface area contributed by atoms with Crippen LogP contribution in [0.3, 0.4) is 0 Å². The van der Waals surface area contributed by atoms with Crippen molar-refractivity contribution in [2.75, 3.05) is 37.4 Å². The molecule has 1 aliphatic rings. The van der Waals surface area contributed by atoms with Crippen LogP contribution in [0, 0.1) is 0 Å². The zero-order valence-corrected chi connectivity index (χ0v) is 13.5. The average molecular weight is 321 g/mol. The number of nitrogens with zero attached hydrogens (tertiary/aromatic N) is 1. The number of hydrogen-bond donors (Lipinski definition) is 2. The van der Waals surface area contributed by atoms with Crippen LogP contribution >= 0.6 is 0 Å². The van der Waals surface area contributed by atoms with Crippen LogP contribution in [-0.2, 0) is 9.47 Å². The molecule has 0 aromatic heterocycles. The lowest BCUT2D eigenvalue weighted by Crippen LogP contribution is -2.39. The molecule has 2 rings (SSSR count). The fourth-order valence-corrected chi connectivity index (χ4v) is 2.44. The van der Waals surface area contributed by atoms with Crippen molar-refractivity contribution >= 4 is 23.5 Å². The monoisotopic (exact) mass is 321 g/mol. The lowest BCUT2D eigenvalue weighted by Gasteiger charge is -2.24. The number of ether oxygens (including phenoxy) is 2. The van der Waals surface area contributed by atoms with Gasteiger partial charge in [0.2, 0.25) is 0 Å². The third-order valence-corrected chi connectivity index (χ3v) is 3.66. The van der Waals surface area contributed by atoms with Gasteiger partial charge in [-0.1, -0.05) is 6.07 Å². The van der Waals surface area contributed by atoms with Gasteiger partial charge in [0.05, 0.1) is 13.2 Å². The number of amides is 3. The Morgan fingerprint density at radius 2 is 2.09 bits per heavy atom. The van der Waals surface area contributed by atoms with Crippen molar-refractivity contribution in [3.05, 3.63) is 24.3 Å². The molecule has 0 saturated carbocycles. The van der Waals surface area contributed by atoms with Gasteiger partial charge in [0.1, 0.15) is 0 Å². The molecule has 7 heteroatoms. The number of methoxy groups -OCH3 is 1. The first-order valence-electron chi connectivity index (χ1n) is 7.75. The highest BCUT2D eigenvalue weighted by Gasteiger charge is 2.21. The van der Waals surface area contributed by atoms with Gasteiger partial charge in [0.25, 0.3) is 0 Å². The number of urea groups is 1. The highest BCUT2D eigenvalue weighted by atomic mass is 16.5. The minimum atomic E-state index is -0.554. The number of likely N-dealkylation sites (N-methyl/N-ethyl adjacent to an activating group) is 1. The number of carbonyl (C=O) groups excluding carboxylic acids is 2. The molecule has 1 unspecified atom stereocenters. The van der Waals surface area contributed by atoms with Crippen molar-refractivity contribution in [3.63, 3.8) is 0 Å². The van der Waals surface area contributed by atoms with E-state index >= 15 is 0 Å². The van der Waals surface area contributed by atoms with E-state index in [0.29, 0.717) is 24.5 Å². The molecule has 0 radical (unpaired) electrons. The summed E-state index contributed by atoms with van der Waals surface area (Å²) in [5.74, 6) is 0. The Balaban J connectivity index is 1.94. The molecule has 1 aromatic carbocycles. The van der Waals surface area contributed by atoms with Gasteiger partial charge < -0.3 is 19.7 Å². The molecule has 1 atom stereocenters. The van der Waals surface area contributed by atoms with Gasteiger partial charge in [-0.2, -0.15) is 0 Å². The summed E-state index contributed by atoms with van der Waals surface area (Å²) >= 11 is 0. The normalized spacial score (nSPS) is 16.7. The first-order chi connectivity index (χ1) is 11.1. The van der Waals surface area contributed by atoms with Crippen LogP contribution in [0.5, 0.6) is 0 Å². The van der Waals surface area contributed by atoms with E-state index in [1.807, 2.05) is 6.92 Å². The summed E-state index contributed by atoms with van der Waals surface area (Å²) in [5, 5.41) is 5.40. The average Bonchev–Trinajstić information content (AvgIpc) is 3.05. The summed E-state index contributed by atoms with van der Waals surface area (Å²) in [5.41, 5.74) is 1.16. The molecule has 126 valence electrons. The fourth-order valence-electron chi connectivity index (χ4n) is 2.44. The Morgan fingerprint density at radius 3 is 2.70 bits per heavy atom. The van der Waals surface area contributed by atoms with Crippen LogP contribution in [0.4, 0.5) is 21.0 Å². The topological polar surface area (TPSA) is 79.9 Å². The molecule has 1 fully saturated rings. The zero-order chi connectivity index (χ0) is 16.7. The Morgan fingerprint density at radius 1 is 1.35 bits per heavy atom. The quantitative estimate of drug-likeness (QED) is 0.874. The lowest BCUT2D eigenvalue weighted by molar-refractivity contribution is 0.0849. The van der Waals surface area contributed by atoms with Crippen LogP contribution in [0.25, 0.3) is 0 Å². The van der Waals surface area contributed by atoms with E-state index in [-0.39, 0.29) is 12.1 Å². The van der Waals surface area contributed by atoms with Crippen molar-refractivity contribution in [1.29, 1.82) is 0 Å². The molecule has 7 nitrogen and oxygen atoms in total. The molecular weight excluding hydrogens is 298 g/mol. The van der Waals surface area contributed by atoms with Crippen molar-refractivity contribution in [2.45, 2.75) is 25.9 Å². The van der Waals surface area contributed by atoms with Gasteiger partial charge in [0, 0.05) is 31.1 Å². The second-order valence-corrected chi connectivity index (χ2v) is 5.30. The minimum Gasteiger partial charge on any atom is -0.453 e. The molecule has 2 N–H and O–H groups in total. The van der Waals surface area contributed by atoms with Crippen LogP contribution in [0.2, 0.25) is 0 Å². The maximum absolute atomic E-state index is 12.4. The number of rotatable bonds is 5. The predicted octanol–water partition coefficient (Wildman–Crippen LogP) is 2.90. The molecule has 1 saturated heterocycles. The van der Waals surface area contributed by atoms with Gasteiger partial charge in [0.15, 0.2) is 0 Å². The number of carbonyl (C=O) groups is 2. The van der Waals surface area contributed by atoms with Crippen LogP contribution in [-0.4, -0.2) is 49.9 Å². The Bertz CT molecular complexity index is 544. The second kappa shape index (κ2) is 8.38. The van der Waals surface area contributed by atoms with E-state index in [9.17, 15) is 9.59 Å². The molecule has 23 heavy (non-hydrogen) atoms.